The van der Waals surface area contributed by atoms with Crippen LogP contribution in [0.15, 0.2) is 18.2 Å². The molecule has 2 rings (SSSR count). The van der Waals surface area contributed by atoms with Gasteiger partial charge in [0.1, 0.15) is 5.78 Å². The molecule has 0 radical (unpaired) electrons. The third-order valence-corrected chi connectivity index (χ3v) is 3.56. The molecule has 1 aliphatic rings. The average molecular weight is 266 g/mol. The second-order valence-electron chi connectivity index (χ2n) is 4.77. The van der Waals surface area contributed by atoms with E-state index in [0.717, 1.165) is 18.4 Å². The summed E-state index contributed by atoms with van der Waals surface area (Å²) in [6.45, 7) is 1.93. The number of benzene rings is 1. The predicted octanol–water partition coefficient (Wildman–Crippen LogP) is 2.89. The molecular weight excluding hydrogens is 250 g/mol. The fourth-order valence-corrected chi connectivity index (χ4v) is 2.47. The van der Waals surface area contributed by atoms with E-state index >= 15 is 0 Å². The Bertz CT molecular complexity index is 475. The molecule has 1 fully saturated rings. The molecule has 1 aromatic carbocycles. The van der Waals surface area contributed by atoms with Gasteiger partial charge in [0, 0.05) is 18.9 Å². The molecule has 1 amide bonds. The molecule has 96 valence electrons. The Hall–Kier alpha value is -1.35. The van der Waals surface area contributed by atoms with Crippen LogP contribution in [-0.4, -0.2) is 17.7 Å². The fraction of sp³-hybridized carbons (Fsp3) is 0.429. The van der Waals surface area contributed by atoms with Crippen molar-refractivity contribution in [3.63, 3.8) is 0 Å². The summed E-state index contributed by atoms with van der Waals surface area (Å²) in [7, 11) is 0. The molecule has 0 heterocycles. The number of carbonyl (C=O) groups is 2. The highest BCUT2D eigenvalue weighted by molar-refractivity contribution is 6.33. The molecule has 0 atom stereocenters. The normalized spacial score (nSPS) is 16.7. The van der Waals surface area contributed by atoms with Gasteiger partial charge in [-0.3, -0.25) is 9.59 Å². The third kappa shape index (κ3) is 3.10. The summed E-state index contributed by atoms with van der Waals surface area (Å²) in [5.41, 5.74) is 1.53. The minimum atomic E-state index is -0.153. The van der Waals surface area contributed by atoms with E-state index in [1.165, 1.54) is 0 Å². The zero-order chi connectivity index (χ0) is 13.1. The summed E-state index contributed by atoms with van der Waals surface area (Å²) in [6.07, 6.45) is 2.58. The van der Waals surface area contributed by atoms with E-state index in [0.29, 0.717) is 23.4 Å². The molecule has 4 heteroatoms. The molecule has 0 bridgehead atoms. The van der Waals surface area contributed by atoms with Crippen molar-refractivity contribution in [2.24, 2.45) is 0 Å². The topological polar surface area (TPSA) is 46.2 Å². The Morgan fingerprint density at radius 1 is 1.33 bits per heavy atom. The molecule has 0 saturated heterocycles. The average Bonchev–Trinajstić information content (AvgIpc) is 2.32. The highest BCUT2D eigenvalue weighted by atomic mass is 35.5. The summed E-state index contributed by atoms with van der Waals surface area (Å²) in [5, 5.41) is 3.41. The number of carbonyl (C=O) groups excluding carboxylic acids is 2. The number of rotatable bonds is 2. The van der Waals surface area contributed by atoms with Crippen LogP contribution in [0, 0.1) is 6.92 Å². The number of halogens is 1. The predicted molar refractivity (Wildman–Crippen MR) is 70.9 cm³/mol. The zero-order valence-corrected chi connectivity index (χ0v) is 11.1. The summed E-state index contributed by atoms with van der Waals surface area (Å²) >= 11 is 6.05. The molecule has 0 unspecified atom stereocenters. The highest BCUT2D eigenvalue weighted by Crippen LogP contribution is 2.19. The fourth-order valence-electron chi connectivity index (χ4n) is 2.15. The van der Waals surface area contributed by atoms with E-state index in [1.807, 2.05) is 13.0 Å². The lowest BCUT2D eigenvalue weighted by molar-refractivity contribution is -0.120. The van der Waals surface area contributed by atoms with Crippen molar-refractivity contribution in [3.05, 3.63) is 34.3 Å². The van der Waals surface area contributed by atoms with Crippen LogP contribution in [0.1, 0.15) is 41.6 Å². The zero-order valence-electron chi connectivity index (χ0n) is 10.3. The van der Waals surface area contributed by atoms with Crippen molar-refractivity contribution >= 4 is 23.3 Å². The lowest BCUT2D eigenvalue weighted by atomic mass is 9.94. The molecule has 3 nitrogen and oxygen atoms in total. The number of ketones is 1. The standard InChI is InChI=1S/C14H16ClNO2/c1-9-2-7-12(13(15)8-9)14(18)16-10-3-5-11(17)6-4-10/h2,7-8,10H,3-6H2,1H3,(H,16,18). The summed E-state index contributed by atoms with van der Waals surface area (Å²) < 4.78 is 0. The number of hydrogen-bond acceptors (Lipinski definition) is 2. The van der Waals surface area contributed by atoms with Gasteiger partial charge in [-0.15, -0.1) is 0 Å². The second kappa shape index (κ2) is 5.53. The summed E-state index contributed by atoms with van der Waals surface area (Å²) in [4.78, 5) is 23.2. The Kier molecular flexibility index (Phi) is 4.02. The van der Waals surface area contributed by atoms with E-state index in [9.17, 15) is 9.59 Å². The molecule has 0 aromatic heterocycles. The molecule has 0 aliphatic heterocycles. The number of aryl methyl sites for hydroxylation is 1. The van der Waals surface area contributed by atoms with Gasteiger partial charge in [-0.1, -0.05) is 17.7 Å². The van der Waals surface area contributed by atoms with Crippen LogP contribution in [0.3, 0.4) is 0 Å². The van der Waals surface area contributed by atoms with Crippen molar-refractivity contribution in [2.45, 2.75) is 38.6 Å². The van der Waals surface area contributed by atoms with Gasteiger partial charge in [0.05, 0.1) is 10.6 Å². The van der Waals surface area contributed by atoms with E-state index in [1.54, 1.807) is 12.1 Å². The quantitative estimate of drug-likeness (QED) is 0.894. The van der Waals surface area contributed by atoms with Crippen molar-refractivity contribution < 1.29 is 9.59 Å². The van der Waals surface area contributed by atoms with Crippen LogP contribution < -0.4 is 5.32 Å². The first-order valence-electron chi connectivity index (χ1n) is 6.15. The monoisotopic (exact) mass is 265 g/mol. The van der Waals surface area contributed by atoms with Crippen LogP contribution in [-0.2, 0) is 4.79 Å². The van der Waals surface area contributed by atoms with Crippen LogP contribution >= 0.6 is 11.6 Å². The second-order valence-corrected chi connectivity index (χ2v) is 5.18. The van der Waals surface area contributed by atoms with Crippen LogP contribution in [0.4, 0.5) is 0 Å². The molecule has 18 heavy (non-hydrogen) atoms. The molecule has 1 saturated carbocycles. The van der Waals surface area contributed by atoms with Gasteiger partial charge < -0.3 is 5.32 Å². The molecule has 0 spiro atoms. The Labute approximate surface area is 112 Å². The summed E-state index contributed by atoms with van der Waals surface area (Å²) in [5.74, 6) is 0.133. The molecule has 1 aromatic rings. The van der Waals surface area contributed by atoms with E-state index in [-0.39, 0.29) is 17.7 Å². The minimum Gasteiger partial charge on any atom is -0.349 e. The first-order chi connectivity index (χ1) is 8.56. The van der Waals surface area contributed by atoms with Crippen molar-refractivity contribution in [1.29, 1.82) is 0 Å². The van der Waals surface area contributed by atoms with E-state index < -0.39 is 0 Å². The minimum absolute atomic E-state index is 0.0903. The van der Waals surface area contributed by atoms with Crippen molar-refractivity contribution in [1.82, 2.24) is 5.32 Å². The van der Waals surface area contributed by atoms with Gasteiger partial charge >= 0.3 is 0 Å². The number of nitrogens with one attached hydrogen (secondary N) is 1. The third-order valence-electron chi connectivity index (χ3n) is 3.25. The van der Waals surface area contributed by atoms with Gasteiger partial charge in [-0.05, 0) is 37.5 Å². The first kappa shape index (κ1) is 13.1. The van der Waals surface area contributed by atoms with Crippen molar-refractivity contribution in [3.8, 4) is 0 Å². The highest BCUT2D eigenvalue weighted by Gasteiger charge is 2.21. The summed E-state index contributed by atoms with van der Waals surface area (Å²) in [6, 6.07) is 5.47. The first-order valence-corrected chi connectivity index (χ1v) is 6.53. The maximum absolute atomic E-state index is 12.0. The van der Waals surface area contributed by atoms with E-state index in [4.69, 9.17) is 11.6 Å². The lowest BCUT2D eigenvalue weighted by Crippen LogP contribution is -2.37. The van der Waals surface area contributed by atoms with Crippen LogP contribution in [0.5, 0.6) is 0 Å². The number of hydrogen-bond donors (Lipinski definition) is 1. The van der Waals surface area contributed by atoms with E-state index in [2.05, 4.69) is 5.32 Å². The van der Waals surface area contributed by atoms with Crippen LogP contribution in [0.25, 0.3) is 0 Å². The molecule has 1 aliphatic carbocycles. The largest absolute Gasteiger partial charge is 0.349 e. The molecule has 1 N–H and O–H groups in total. The van der Waals surface area contributed by atoms with Gasteiger partial charge in [0.2, 0.25) is 0 Å². The van der Waals surface area contributed by atoms with Crippen molar-refractivity contribution in [2.75, 3.05) is 0 Å². The Morgan fingerprint density at radius 2 is 2.00 bits per heavy atom. The SMILES string of the molecule is Cc1ccc(C(=O)NC2CCC(=O)CC2)c(Cl)c1. The van der Waals surface area contributed by atoms with Crippen LogP contribution in [0.2, 0.25) is 5.02 Å². The number of amides is 1. The molecular formula is C14H16ClNO2. The smallest absolute Gasteiger partial charge is 0.253 e. The van der Waals surface area contributed by atoms with Gasteiger partial charge in [0.15, 0.2) is 0 Å². The maximum atomic E-state index is 12.0. The number of Topliss-reactive ketones (excluding diaryl/α,β-unsaturated/α-hetero) is 1. The van der Waals surface area contributed by atoms with Gasteiger partial charge in [0.25, 0.3) is 5.91 Å². The Morgan fingerprint density at radius 3 is 2.61 bits per heavy atom. The maximum Gasteiger partial charge on any atom is 0.253 e. The van der Waals surface area contributed by atoms with Gasteiger partial charge in [-0.25, -0.2) is 0 Å². The lowest BCUT2D eigenvalue weighted by Gasteiger charge is -2.22. The Balaban J connectivity index is 2.01. The van der Waals surface area contributed by atoms with Gasteiger partial charge in [-0.2, -0.15) is 0 Å².